The van der Waals surface area contributed by atoms with Crippen molar-refractivity contribution in [1.82, 2.24) is 15.2 Å². The summed E-state index contributed by atoms with van der Waals surface area (Å²) in [6, 6.07) is -0.626. The summed E-state index contributed by atoms with van der Waals surface area (Å²) in [4.78, 5) is 45.4. The Hall–Kier alpha value is -2.16. The number of unbranched alkanes of at least 4 members (excludes halogenated alkanes) is 1. The van der Waals surface area contributed by atoms with Crippen molar-refractivity contribution < 1.29 is 19.1 Å². The molecule has 0 aliphatic rings. The summed E-state index contributed by atoms with van der Waals surface area (Å²) >= 11 is 0.983. The molecule has 0 spiro atoms. The monoisotopic (exact) mass is 329 g/mol. The van der Waals surface area contributed by atoms with Crippen molar-refractivity contribution in [2.75, 3.05) is 13.2 Å². The largest absolute Gasteiger partial charge is 0.454 e. The van der Waals surface area contributed by atoms with E-state index in [1.807, 2.05) is 12.2 Å². The maximum absolute atomic E-state index is 11.6. The molecule has 0 saturated heterocycles. The van der Waals surface area contributed by atoms with Crippen LogP contribution in [0.25, 0.3) is 0 Å². The molecule has 0 unspecified atom stereocenters. The molecule has 0 aliphatic heterocycles. The molecular weight excluding hydrogens is 310 g/mol. The number of aromatic nitrogens is 1. The lowest BCUT2D eigenvalue weighted by Gasteiger charge is -2.07. The number of aryl methyl sites for hydroxylation is 1. The summed E-state index contributed by atoms with van der Waals surface area (Å²) in [5.74, 6) is -1.44. The van der Waals surface area contributed by atoms with Gasteiger partial charge in [0.2, 0.25) is 0 Å². The first kappa shape index (κ1) is 17.9. The fraction of sp³-hybridized carbons (Fsp3) is 0.538. The van der Waals surface area contributed by atoms with Crippen molar-refractivity contribution in [2.24, 2.45) is 0 Å². The summed E-state index contributed by atoms with van der Waals surface area (Å²) in [5.41, 5.74) is 0.645. The molecule has 122 valence electrons. The Morgan fingerprint density at radius 1 is 1.36 bits per heavy atom. The smallest absolute Gasteiger partial charge is 0.326 e. The van der Waals surface area contributed by atoms with Gasteiger partial charge in [-0.3, -0.25) is 24.3 Å². The molecule has 1 aromatic heterocycles. The summed E-state index contributed by atoms with van der Waals surface area (Å²) in [6.07, 6.45) is 1.73. The van der Waals surface area contributed by atoms with Gasteiger partial charge in [0.25, 0.3) is 5.91 Å². The number of nitrogens with one attached hydrogen (secondary N) is 2. The van der Waals surface area contributed by atoms with Gasteiger partial charge in [-0.2, -0.15) is 0 Å². The highest BCUT2D eigenvalue weighted by Crippen LogP contribution is 1.99. The lowest BCUT2D eigenvalue weighted by Crippen LogP contribution is -2.41. The Balaban J connectivity index is 2.30. The predicted molar refractivity (Wildman–Crippen MR) is 80.7 cm³/mol. The molecule has 0 radical (unpaired) electrons. The number of carbonyl (C=O) groups excluding carboxylic acids is 3. The van der Waals surface area contributed by atoms with Crippen LogP contribution in [0.4, 0.5) is 4.79 Å². The van der Waals surface area contributed by atoms with Crippen LogP contribution in [-0.2, 0) is 20.9 Å². The SMILES string of the molecule is CCCCNC(=O)NC(=O)COC(=O)Cn1c(C)csc1=O. The molecular formula is C13H19N3O5S. The third kappa shape index (κ3) is 6.08. The van der Waals surface area contributed by atoms with Crippen LogP contribution in [0.5, 0.6) is 0 Å². The van der Waals surface area contributed by atoms with Crippen molar-refractivity contribution in [3.05, 3.63) is 20.7 Å². The van der Waals surface area contributed by atoms with E-state index >= 15 is 0 Å². The zero-order valence-corrected chi connectivity index (χ0v) is 13.3. The van der Waals surface area contributed by atoms with Gasteiger partial charge in [0.1, 0.15) is 6.54 Å². The Kier molecular flexibility index (Phi) is 7.30. The molecule has 0 saturated carbocycles. The van der Waals surface area contributed by atoms with Crippen molar-refractivity contribution in [2.45, 2.75) is 33.2 Å². The lowest BCUT2D eigenvalue weighted by atomic mass is 10.3. The van der Waals surface area contributed by atoms with Crippen molar-refractivity contribution in [3.8, 4) is 0 Å². The molecule has 0 fully saturated rings. The van der Waals surface area contributed by atoms with Gasteiger partial charge in [0.15, 0.2) is 6.61 Å². The van der Waals surface area contributed by atoms with Crippen molar-refractivity contribution >= 4 is 29.2 Å². The lowest BCUT2D eigenvalue weighted by molar-refractivity contribution is -0.148. The molecule has 1 heterocycles. The van der Waals surface area contributed by atoms with Crippen LogP contribution in [0, 0.1) is 6.92 Å². The van der Waals surface area contributed by atoms with Gasteiger partial charge >= 0.3 is 16.9 Å². The first-order valence-corrected chi connectivity index (χ1v) is 7.70. The zero-order chi connectivity index (χ0) is 16.5. The van der Waals surface area contributed by atoms with Gasteiger partial charge in [-0.1, -0.05) is 24.7 Å². The average Bonchev–Trinajstić information content (AvgIpc) is 2.77. The quantitative estimate of drug-likeness (QED) is 0.556. The van der Waals surface area contributed by atoms with Gasteiger partial charge in [0.05, 0.1) is 0 Å². The van der Waals surface area contributed by atoms with Crippen LogP contribution < -0.4 is 15.5 Å². The van der Waals surface area contributed by atoms with E-state index < -0.39 is 24.5 Å². The second kappa shape index (κ2) is 8.98. The maximum Gasteiger partial charge on any atom is 0.326 e. The van der Waals surface area contributed by atoms with E-state index in [0.29, 0.717) is 12.2 Å². The van der Waals surface area contributed by atoms with E-state index in [-0.39, 0.29) is 11.4 Å². The number of amides is 3. The van der Waals surface area contributed by atoms with Crippen molar-refractivity contribution in [3.63, 3.8) is 0 Å². The van der Waals surface area contributed by atoms with Crippen LogP contribution in [0.2, 0.25) is 0 Å². The number of urea groups is 1. The minimum absolute atomic E-state index is 0.260. The number of hydrogen-bond acceptors (Lipinski definition) is 6. The van der Waals surface area contributed by atoms with E-state index in [1.54, 1.807) is 12.3 Å². The molecule has 3 amide bonds. The summed E-state index contributed by atoms with van der Waals surface area (Å²) in [5, 5.41) is 6.17. The van der Waals surface area contributed by atoms with Gasteiger partial charge in [-0.15, -0.1) is 0 Å². The van der Waals surface area contributed by atoms with E-state index in [2.05, 4.69) is 5.32 Å². The second-order valence-corrected chi connectivity index (χ2v) is 5.37. The summed E-state index contributed by atoms with van der Waals surface area (Å²) in [6.45, 7) is 3.31. The first-order chi connectivity index (χ1) is 10.4. The molecule has 8 nitrogen and oxygen atoms in total. The number of carbonyl (C=O) groups is 3. The normalized spacial score (nSPS) is 10.1. The highest BCUT2D eigenvalue weighted by molar-refractivity contribution is 7.07. The van der Waals surface area contributed by atoms with Gasteiger partial charge in [-0.25, -0.2) is 4.79 Å². The summed E-state index contributed by atoms with van der Waals surface area (Å²) in [7, 11) is 0. The molecule has 0 bridgehead atoms. The highest BCUT2D eigenvalue weighted by atomic mass is 32.1. The zero-order valence-electron chi connectivity index (χ0n) is 12.5. The topological polar surface area (TPSA) is 106 Å². The minimum Gasteiger partial charge on any atom is -0.454 e. The van der Waals surface area contributed by atoms with Gasteiger partial charge in [0, 0.05) is 17.6 Å². The number of rotatable bonds is 7. The Morgan fingerprint density at radius 2 is 2.09 bits per heavy atom. The fourth-order valence-electron chi connectivity index (χ4n) is 1.50. The van der Waals surface area contributed by atoms with Crippen molar-refractivity contribution in [1.29, 1.82) is 0 Å². The Morgan fingerprint density at radius 3 is 2.68 bits per heavy atom. The number of imide groups is 1. The van der Waals surface area contributed by atoms with E-state index in [9.17, 15) is 19.2 Å². The number of esters is 1. The third-order valence-electron chi connectivity index (χ3n) is 2.70. The first-order valence-electron chi connectivity index (χ1n) is 6.82. The molecule has 0 aliphatic carbocycles. The number of ether oxygens (including phenoxy) is 1. The number of thiazole rings is 1. The molecule has 0 atom stereocenters. The van der Waals surface area contributed by atoms with Crippen LogP contribution in [0.3, 0.4) is 0 Å². The van der Waals surface area contributed by atoms with E-state index in [0.717, 1.165) is 24.2 Å². The molecule has 22 heavy (non-hydrogen) atoms. The molecule has 1 rings (SSSR count). The fourth-order valence-corrected chi connectivity index (χ4v) is 2.24. The molecule has 1 aromatic rings. The second-order valence-electron chi connectivity index (χ2n) is 4.55. The standard InChI is InChI=1S/C13H19N3O5S/c1-3-4-5-14-12(19)15-10(17)7-21-11(18)6-16-9(2)8-22-13(16)20/h8H,3-7H2,1-2H3,(H2,14,15,17,19). The Labute approximate surface area is 131 Å². The van der Waals surface area contributed by atoms with Crippen LogP contribution in [0.15, 0.2) is 10.2 Å². The van der Waals surface area contributed by atoms with Gasteiger partial charge < -0.3 is 10.1 Å². The highest BCUT2D eigenvalue weighted by Gasteiger charge is 2.13. The molecule has 2 N–H and O–H groups in total. The summed E-state index contributed by atoms with van der Waals surface area (Å²) < 4.78 is 5.98. The van der Waals surface area contributed by atoms with Crippen LogP contribution >= 0.6 is 11.3 Å². The number of nitrogens with zero attached hydrogens (tertiary/aromatic N) is 1. The molecule has 0 aromatic carbocycles. The average molecular weight is 329 g/mol. The Bertz CT molecular complexity index is 593. The van der Waals surface area contributed by atoms with Crippen LogP contribution in [-0.4, -0.2) is 35.6 Å². The maximum atomic E-state index is 11.6. The minimum atomic E-state index is -0.725. The molecule has 9 heteroatoms. The van der Waals surface area contributed by atoms with Crippen LogP contribution in [0.1, 0.15) is 25.5 Å². The van der Waals surface area contributed by atoms with E-state index in [4.69, 9.17) is 4.74 Å². The predicted octanol–water partition coefficient (Wildman–Crippen LogP) is 0.387. The van der Waals surface area contributed by atoms with E-state index in [1.165, 1.54) is 4.57 Å². The van der Waals surface area contributed by atoms with Gasteiger partial charge in [-0.05, 0) is 13.3 Å². The third-order valence-corrected chi connectivity index (χ3v) is 3.58. The number of hydrogen-bond donors (Lipinski definition) is 2.